The minimum absolute atomic E-state index is 0.429. The van der Waals surface area contributed by atoms with Gasteiger partial charge < -0.3 is 14.9 Å². The molecule has 32 heavy (non-hydrogen) atoms. The predicted molar refractivity (Wildman–Crippen MR) is 132 cm³/mol. The Labute approximate surface area is 197 Å². The summed E-state index contributed by atoms with van der Waals surface area (Å²) in [6.45, 7) is 0.879. The van der Waals surface area contributed by atoms with Crippen molar-refractivity contribution in [2.24, 2.45) is 5.10 Å². The Morgan fingerprint density at radius 1 is 0.875 bits per heavy atom. The van der Waals surface area contributed by atoms with E-state index in [0.29, 0.717) is 34.7 Å². The number of rotatable bonds is 8. The maximum absolute atomic E-state index is 6.18. The van der Waals surface area contributed by atoms with Gasteiger partial charge in [-0.05, 0) is 52.2 Å². The van der Waals surface area contributed by atoms with E-state index in [2.05, 4.69) is 34.8 Å². The number of nitrogens with zero attached hydrogens (tertiary/aromatic N) is 1. The van der Waals surface area contributed by atoms with Crippen LogP contribution in [0.5, 0.6) is 11.5 Å². The van der Waals surface area contributed by atoms with E-state index in [4.69, 9.17) is 32.7 Å². The predicted octanol–water partition coefficient (Wildman–Crippen LogP) is 6.86. The van der Waals surface area contributed by atoms with Crippen molar-refractivity contribution in [3.8, 4) is 11.5 Å². The fourth-order valence-corrected chi connectivity index (χ4v) is 3.93. The van der Waals surface area contributed by atoms with Crippen molar-refractivity contribution in [1.29, 1.82) is 0 Å². The number of halogens is 2. The normalized spacial score (nSPS) is 11.1. The first kappa shape index (κ1) is 22.0. The lowest BCUT2D eigenvalue weighted by Crippen LogP contribution is -2.06. The molecule has 4 aromatic carbocycles. The fraction of sp³-hybridized carbons (Fsp3) is 0.115. The molecule has 0 radical (unpaired) electrons. The Kier molecular flexibility index (Phi) is 7.15. The topological polar surface area (TPSA) is 42.8 Å². The molecule has 0 fully saturated rings. The highest BCUT2D eigenvalue weighted by Gasteiger charge is 2.08. The standard InChI is InChI=1S/C26H22Cl2N2O2/c1-31-26-14-18(15-29-30-16-22-23(27)10-5-11-24(22)28)12-13-25(26)32-17-20-8-4-7-19-6-2-3-9-21(19)20/h2-15,30H,16-17H2,1H3/b29-15-. The molecule has 4 rings (SSSR count). The molecule has 0 saturated carbocycles. The molecule has 1 N–H and O–H groups in total. The molecular weight excluding hydrogens is 443 g/mol. The second kappa shape index (κ2) is 10.4. The van der Waals surface area contributed by atoms with Gasteiger partial charge in [0.1, 0.15) is 6.61 Å². The molecule has 0 bridgehead atoms. The second-order valence-electron chi connectivity index (χ2n) is 7.13. The first-order chi connectivity index (χ1) is 15.7. The van der Waals surface area contributed by atoms with Crippen molar-refractivity contribution < 1.29 is 9.47 Å². The molecule has 6 heteroatoms. The van der Waals surface area contributed by atoms with Gasteiger partial charge in [-0.3, -0.25) is 0 Å². The number of nitrogens with one attached hydrogen (secondary N) is 1. The lowest BCUT2D eigenvalue weighted by atomic mass is 10.1. The molecule has 162 valence electrons. The summed E-state index contributed by atoms with van der Waals surface area (Å²) in [7, 11) is 1.62. The van der Waals surface area contributed by atoms with Crippen molar-refractivity contribution in [3.63, 3.8) is 0 Å². The smallest absolute Gasteiger partial charge is 0.161 e. The van der Waals surface area contributed by atoms with Gasteiger partial charge in [-0.15, -0.1) is 0 Å². The van der Waals surface area contributed by atoms with Crippen molar-refractivity contribution in [2.45, 2.75) is 13.2 Å². The Balaban J connectivity index is 1.42. The molecular formula is C26H22Cl2N2O2. The quantitative estimate of drug-likeness (QED) is 0.228. The van der Waals surface area contributed by atoms with Crippen LogP contribution in [0.1, 0.15) is 16.7 Å². The summed E-state index contributed by atoms with van der Waals surface area (Å²) in [6.07, 6.45) is 1.71. The highest BCUT2D eigenvalue weighted by atomic mass is 35.5. The van der Waals surface area contributed by atoms with Crippen LogP contribution >= 0.6 is 23.2 Å². The zero-order chi connectivity index (χ0) is 22.3. The van der Waals surface area contributed by atoms with E-state index in [1.165, 1.54) is 10.8 Å². The molecule has 4 aromatic rings. The van der Waals surface area contributed by atoms with Gasteiger partial charge in [0.2, 0.25) is 0 Å². The van der Waals surface area contributed by atoms with Gasteiger partial charge in [0.15, 0.2) is 11.5 Å². The van der Waals surface area contributed by atoms with Crippen LogP contribution < -0.4 is 14.9 Å². The first-order valence-corrected chi connectivity index (χ1v) is 10.9. The van der Waals surface area contributed by atoms with Crippen molar-refractivity contribution in [3.05, 3.63) is 106 Å². The summed E-state index contributed by atoms with van der Waals surface area (Å²) in [5, 5.41) is 7.85. The van der Waals surface area contributed by atoms with Gasteiger partial charge in [-0.2, -0.15) is 5.10 Å². The highest BCUT2D eigenvalue weighted by molar-refractivity contribution is 6.35. The third kappa shape index (κ3) is 5.16. The number of hydrogen-bond acceptors (Lipinski definition) is 4. The molecule has 0 spiro atoms. The number of hydrogen-bond donors (Lipinski definition) is 1. The molecule has 0 aliphatic heterocycles. The summed E-state index contributed by atoms with van der Waals surface area (Å²) in [5.74, 6) is 1.32. The number of benzene rings is 4. The average Bonchev–Trinajstić information content (AvgIpc) is 2.82. The summed E-state index contributed by atoms with van der Waals surface area (Å²) < 4.78 is 11.6. The summed E-state index contributed by atoms with van der Waals surface area (Å²) in [4.78, 5) is 0. The number of fused-ring (bicyclic) bond motifs is 1. The zero-order valence-corrected chi connectivity index (χ0v) is 19.0. The molecule has 0 unspecified atom stereocenters. The SMILES string of the molecule is COc1cc(/C=N\NCc2c(Cl)cccc2Cl)ccc1OCc1cccc2ccccc12. The maximum Gasteiger partial charge on any atom is 0.161 e. The number of hydrazone groups is 1. The van der Waals surface area contributed by atoms with E-state index in [9.17, 15) is 0 Å². The Hall–Kier alpha value is -3.21. The molecule has 0 heterocycles. The van der Waals surface area contributed by atoms with E-state index in [-0.39, 0.29) is 0 Å². The monoisotopic (exact) mass is 464 g/mol. The Bertz CT molecular complexity index is 1230. The number of ether oxygens (including phenoxy) is 2. The lowest BCUT2D eigenvalue weighted by Gasteiger charge is -2.13. The van der Waals surface area contributed by atoms with Gasteiger partial charge in [0.05, 0.1) is 19.9 Å². The van der Waals surface area contributed by atoms with Gasteiger partial charge in [-0.25, -0.2) is 0 Å². The van der Waals surface area contributed by atoms with Crippen molar-refractivity contribution in [2.75, 3.05) is 7.11 Å². The minimum Gasteiger partial charge on any atom is -0.493 e. The number of methoxy groups -OCH3 is 1. The van der Waals surface area contributed by atoms with E-state index >= 15 is 0 Å². The van der Waals surface area contributed by atoms with Crippen molar-refractivity contribution >= 4 is 40.2 Å². The zero-order valence-electron chi connectivity index (χ0n) is 17.5. The van der Waals surface area contributed by atoms with E-state index in [1.807, 2.05) is 42.5 Å². The van der Waals surface area contributed by atoms with Crippen LogP contribution in [0.4, 0.5) is 0 Å². The summed E-state index contributed by atoms with van der Waals surface area (Å²) >= 11 is 12.4. The second-order valence-corrected chi connectivity index (χ2v) is 7.94. The van der Waals surface area contributed by atoms with E-state index in [0.717, 1.165) is 16.7 Å². The lowest BCUT2D eigenvalue weighted by molar-refractivity contribution is 0.285. The van der Waals surface area contributed by atoms with Crippen LogP contribution in [-0.2, 0) is 13.2 Å². The maximum atomic E-state index is 6.18. The molecule has 4 nitrogen and oxygen atoms in total. The Morgan fingerprint density at radius 2 is 1.62 bits per heavy atom. The molecule has 0 saturated heterocycles. The largest absolute Gasteiger partial charge is 0.493 e. The summed E-state index contributed by atoms with van der Waals surface area (Å²) in [6, 6.07) is 25.6. The van der Waals surface area contributed by atoms with Crippen LogP contribution in [0.2, 0.25) is 10.0 Å². The third-order valence-corrected chi connectivity index (χ3v) is 5.78. The van der Waals surface area contributed by atoms with E-state index < -0.39 is 0 Å². The Morgan fingerprint density at radius 3 is 2.44 bits per heavy atom. The van der Waals surface area contributed by atoms with Crippen LogP contribution in [-0.4, -0.2) is 13.3 Å². The van der Waals surface area contributed by atoms with E-state index in [1.54, 1.807) is 25.5 Å². The average molecular weight is 465 g/mol. The molecule has 0 aliphatic carbocycles. The van der Waals surface area contributed by atoms with Crippen molar-refractivity contribution in [1.82, 2.24) is 5.43 Å². The molecule has 0 atom stereocenters. The molecule has 0 aromatic heterocycles. The minimum atomic E-state index is 0.429. The van der Waals surface area contributed by atoms with Gasteiger partial charge in [0, 0.05) is 15.6 Å². The van der Waals surface area contributed by atoms with Crippen LogP contribution in [0.3, 0.4) is 0 Å². The van der Waals surface area contributed by atoms with Gasteiger partial charge >= 0.3 is 0 Å². The summed E-state index contributed by atoms with van der Waals surface area (Å²) in [5.41, 5.74) is 5.78. The highest BCUT2D eigenvalue weighted by Crippen LogP contribution is 2.29. The molecule has 0 aliphatic rings. The molecule has 0 amide bonds. The van der Waals surface area contributed by atoms with Crippen LogP contribution in [0, 0.1) is 0 Å². The third-order valence-electron chi connectivity index (χ3n) is 5.07. The fourth-order valence-electron chi connectivity index (χ4n) is 3.40. The van der Waals surface area contributed by atoms with Gasteiger partial charge in [0.25, 0.3) is 0 Å². The first-order valence-electron chi connectivity index (χ1n) is 10.1. The van der Waals surface area contributed by atoms with Gasteiger partial charge in [-0.1, -0.05) is 71.7 Å². The van der Waals surface area contributed by atoms with Crippen LogP contribution in [0.25, 0.3) is 10.8 Å². The van der Waals surface area contributed by atoms with Crippen LogP contribution in [0.15, 0.2) is 84.0 Å².